The summed E-state index contributed by atoms with van der Waals surface area (Å²) in [5.41, 5.74) is 0.785. The summed E-state index contributed by atoms with van der Waals surface area (Å²) in [5.74, 6) is -0.205. The summed E-state index contributed by atoms with van der Waals surface area (Å²) >= 11 is 4.91. The van der Waals surface area contributed by atoms with Gasteiger partial charge in [0.1, 0.15) is 5.75 Å². The minimum Gasteiger partial charge on any atom is -0.406 e. The van der Waals surface area contributed by atoms with Gasteiger partial charge in [0.15, 0.2) is 0 Å². The Morgan fingerprint density at radius 3 is 2.52 bits per heavy atom. The Bertz CT molecular complexity index is 679. The summed E-state index contributed by atoms with van der Waals surface area (Å²) in [6.07, 6.45) is -4.70. The average Bonchev–Trinajstić information content (AvgIpc) is 3.00. The first-order valence-corrected chi connectivity index (χ1v) is 9.14. The van der Waals surface area contributed by atoms with Crippen LogP contribution in [0.2, 0.25) is 0 Å². The Hall–Kier alpha value is -0.800. The first-order valence-electron chi connectivity index (χ1n) is 7.47. The number of ether oxygens (including phenoxy) is 1. The quantitative estimate of drug-likeness (QED) is 0.712. The second-order valence-electron chi connectivity index (χ2n) is 5.47. The molecule has 0 radical (unpaired) electrons. The van der Waals surface area contributed by atoms with Crippen LogP contribution >= 0.6 is 39.7 Å². The predicted molar refractivity (Wildman–Crippen MR) is 98.7 cm³/mol. The lowest BCUT2D eigenvalue weighted by molar-refractivity contribution is -0.274. The molecule has 1 aliphatic rings. The molecule has 0 amide bonds. The Kier molecular flexibility index (Phi) is 7.16. The fourth-order valence-corrected chi connectivity index (χ4v) is 4.25. The van der Waals surface area contributed by atoms with Crippen LogP contribution in [-0.2, 0) is 0 Å². The van der Waals surface area contributed by atoms with Gasteiger partial charge >= 0.3 is 6.36 Å². The van der Waals surface area contributed by atoms with Crippen molar-refractivity contribution in [3.05, 3.63) is 50.6 Å². The predicted octanol–water partition coefficient (Wildman–Crippen LogP) is 4.83. The minimum absolute atomic E-state index is 0. The van der Waals surface area contributed by atoms with Gasteiger partial charge in [-0.25, -0.2) is 0 Å². The molecule has 1 atom stereocenters. The van der Waals surface area contributed by atoms with Gasteiger partial charge in [-0.05, 0) is 35.2 Å². The van der Waals surface area contributed by atoms with Crippen molar-refractivity contribution < 1.29 is 17.9 Å². The van der Waals surface area contributed by atoms with E-state index < -0.39 is 6.36 Å². The molecule has 2 heterocycles. The van der Waals surface area contributed by atoms with E-state index in [1.807, 2.05) is 23.6 Å². The number of nitrogens with one attached hydrogen (secondary N) is 1. The molecule has 0 saturated carbocycles. The summed E-state index contributed by atoms with van der Waals surface area (Å²) in [6, 6.07) is 8.56. The number of nitrogens with zero attached hydrogens (tertiary/aromatic N) is 1. The van der Waals surface area contributed by atoms with Gasteiger partial charge in [0, 0.05) is 35.5 Å². The molecule has 2 aromatic rings. The molecule has 0 aliphatic carbocycles. The molecule has 0 unspecified atom stereocenters. The Morgan fingerprint density at radius 2 is 1.92 bits per heavy atom. The fraction of sp³-hybridized carbons (Fsp3) is 0.375. The summed E-state index contributed by atoms with van der Waals surface area (Å²) in [4.78, 5) is 3.38. The maximum absolute atomic E-state index is 12.6. The van der Waals surface area contributed by atoms with Gasteiger partial charge in [-0.3, -0.25) is 4.90 Å². The van der Waals surface area contributed by atoms with E-state index in [0.717, 1.165) is 36.6 Å². The van der Waals surface area contributed by atoms with Crippen LogP contribution in [0.1, 0.15) is 16.5 Å². The maximum Gasteiger partial charge on any atom is 0.573 e. The zero-order valence-corrected chi connectivity index (χ0v) is 16.3. The third-order valence-electron chi connectivity index (χ3n) is 3.77. The third kappa shape index (κ3) is 5.59. The maximum atomic E-state index is 12.6. The Balaban J connectivity index is 0.00000225. The van der Waals surface area contributed by atoms with Gasteiger partial charge < -0.3 is 10.1 Å². The lowest BCUT2D eigenvalue weighted by Gasteiger charge is -2.35. The smallest absolute Gasteiger partial charge is 0.406 e. The van der Waals surface area contributed by atoms with E-state index in [0.29, 0.717) is 4.47 Å². The van der Waals surface area contributed by atoms with Crippen LogP contribution < -0.4 is 10.1 Å². The number of alkyl halides is 3. The molecule has 25 heavy (non-hydrogen) atoms. The number of rotatable bonds is 4. The monoisotopic (exact) mass is 456 g/mol. The normalized spacial score (nSPS) is 17.0. The lowest BCUT2D eigenvalue weighted by Crippen LogP contribution is -2.45. The van der Waals surface area contributed by atoms with Crippen LogP contribution in [0, 0.1) is 0 Å². The van der Waals surface area contributed by atoms with Gasteiger partial charge in [-0.15, -0.1) is 36.9 Å². The number of piperazine rings is 1. The van der Waals surface area contributed by atoms with E-state index in [4.69, 9.17) is 0 Å². The lowest BCUT2D eigenvalue weighted by atomic mass is 10.0. The highest BCUT2D eigenvalue weighted by atomic mass is 79.9. The molecule has 138 valence electrons. The fourth-order valence-electron chi connectivity index (χ4n) is 2.88. The molecule has 9 heteroatoms. The van der Waals surface area contributed by atoms with E-state index in [1.54, 1.807) is 11.3 Å². The van der Waals surface area contributed by atoms with Crippen LogP contribution in [0.4, 0.5) is 13.2 Å². The van der Waals surface area contributed by atoms with E-state index in [9.17, 15) is 13.2 Å². The SMILES string of the molecule is Cl.FC(F)(F)Oc1cc(Br)cc([C@H](c2cccs2)N2CCNCC2)c1. The van der Waals surface area contributed by atoms with Crippen molar-refractivity contribution in [2.45, 2.75) is 12.4 Å². The van der Waals surface area contributed by atoms with Gasteiger partial charge in [0.2, 0.25) is 0 Å². The summed E-state index contributed by atoms with van der Waals surface area (Å²) in [7, 11) is 0. The molecular formula is C16H17BrClF3N2OS. The molecule has 0 spiro atoms. The van der Waals surface area contributed by atoms with Crippen LogP contribution in [0.5, 0.6) is 5.75 Å². The van der Waals surface area contributed by atoms with Crippen molar-refractivity contribution in [1.82, 2.24) is 10.2 Å². The van der Waals surface area contributed by atoms with E-state index in [-0.39, 0.29) is 24.2 Å². The van der Waals surface area contributed by atoms with Crippen molar-refractivity contribution >= 4 is 39.7 Å². The van der Waals surface area contributed by atoms with E-state index >= 15 is 0 Å². The molecule has 1 saturated heterocycles. The minimum atomic E-state index is -4.70. The van der Waals surface area contributed by atoms with Gasteiger partial charge in [0.05, 0.1) is 6.04 Å². The highest BCUT2D eigenvalue weighted by Gasteiger charge is 2.32. The van der Waals surface area contributed by atoms with Crippen molar-refractivity contribution in [3.63, 3.8) is 0 Å². The van der Waals surface area contributed by atoms with Gasteiger partial charge in [-0.2, -0.15) is 0 Å². The average molecular weight is 458 g/mol. The van der Waals surface area contributed by atoms with Crippen molar-refractivity contribution in [2.75, 3.05) is 26.2 Å². The van der Waals surface area contributed by atoms with Crippen LogP contribution in [0.15, 0.2) is 40.2 Å². The Morgan fingerprint density at radius 1 is 1.20 bits per heavy atom. The van der Waals surface area contributed by atoms with E-state index in [2.05, 4.69) is 30.9 Å². The Labute approximate surface area is 162 Å². The van der Waals surface area contributed by atoms with Crippen LogP contribution in [0.3, 0.4) is 0 Å². The topological polar surface area (TPSA) is 24.5 Å². The molecule has 1 fully saturated rings. The number of halogens is 5. The number of hydrogen-bond donors (Lipinski definition) is 1. The van der Waals surface area contributed by atoms with Gasteiger partial charge in [0.25, 0.3) is 0 Å². The summed E-state index contributed by atoms with van der Waals surface area (Å²) in [6.45, 7) is 3.40. The van der Waals surface area contributed by atoms with Crippen molar-refractivity contribution in [3.8, 4) is 5.75 Å². The highest BCUT2D eigenvalue weighted by Crippen LogP contribution is 2.36. The van der Waals surface area contributed by atoms with E-state index in [1.165, 1.54) is 12.1 Å². The largest absolute Gasteiger partial charge is 0.573 e. The molecule has 3 rings (SSSR count). The van der Waals surface area contributed by atoms with Crippen LogP contribution in [-0.4, -0.2) is 37.4 Å². The first-order chi connectivity index (χ1) is 11.4. The zero-order chi connectivity index (χ0) is 17.2. The molecule has 0 bridgehead atoms. The molecule has 1 aromatic heterocycles. The molecule has 1 aromatic carbocycles. The molecule has 3 nitrogen and oxygen atoms in total. The number of thiophene rings is 1. The summed E-state index contributed by atoms with van der Waals surface area (Å²) < 4.78 is 42.4. The first kappa shape index (κ1) is 20.5. The third-order valence-corrected chi connectivity index (χ3v) is 5.15. The standard InChI is InChI=1S/C16H16BrF3N2OS.ClH/c17-12-8-11(9-13(10-12)23-16(18,19)20)15(14-2-1-7-24-14)22-5-3-21-4-6-22;/h1-2,7-10,15,21H,3-6H2;1H/t15-;/m1./s1. The van der Waals surface area contributed by atoms with Crippen LogP contribution in [0.25, 0.3) is 0 Å². The number of benzene rings is 1. The van der Waals surface area contributed by atoms with Crippen molar-refractivity contribution in [1.29, 1.82) is 0 Å². The number of hydrogen-bond acceptors (Lipinski definition) is 4. The van der Waals surface area contributed by atoms with Crippen molar-refractivity contribution in [2.24, 2.45) is 0 Å². The highest BCUT2D eigenvalue weighted by molar-refractivity contribution is 9.10. The van der Waals surface area contributed by atoms with Gasteiger partial charge in [-0.1, -0.05) is 22.0 Å². The molecule has 1 N–H and O–H groups in total. The second-order valence-corrected chi connectivity index (χ2v) is 7.37. The molecular weight excluding hydrogens is 441 g/mol. The summed E-state index contributed by atoms with van der Waals surface area (Å²) in [5, 5.41) is 5.28. The second kappa shape index (κ2) is 8.73. The molecule has 1 aliphatic heterocycles. The zero-order valence-electron chi connectivity index (χ0n) is 13.1.